The number of ether oxygens (including phenoxy) is 2. The van der Waals surface area contributed by atoms with Crippen LogP contribution in [0, 0.1) is 5.92 Å². The summed E-state index contributed by atoms with van der Waals surface area (Å²) in [7, 11) is 0. The molecule has 3 aliphatic heterocycles. The van der Waals surface area contributed by atoms with Crippen molar-refractivity contribution in [2.75, 3.05) is 32.8 Å². The van der Waals surface area contributed by atoms with E-state index in [1.165, 1.54) is 12.1 Å². The number of carbonyl (C=O) groups excluding carboxylic acids is 2. The zero-order valence-electron chi connectivity index (χ0n) is 16.9. The summed E-state index contributed by atoms with van der Waals surface area (Å²) in [5, 5.41) is -0.444. The molecule has 10 heteroatoms. The number of carbonyl (C=O) groups is 2. The van der Waals surface area contributed by atoms with Gasteiger partial charge in [-0.25, -0.2) is 4.79 Å². The van der Waals surface area contributed by atoms with Gasteiger partial charge < -0.3 is 19.3 Å². The molecule has 0 saturated carbocycles. The lowest BCUT2D eigenvalue weighted by Gasteiger charge is -2.43. The van der Waals surface area contributed by atoms with E-state index >= 15 is 0 Å². The summed E-state index contributed by atoms with van der Waals surface area (Å²) in [6, 6.07) is 3.54. The quantitative estimate of drug-likeness (QED) is 0.669. The van der Waals surface area contributed by atoms with Gasteiger partial charge in [-0.1, -0.05) is 17.7 Å². The largest absolute Gasteiger partial charge is 0.489 e. The minimum Gasteiger partial charge on any atom is -0.489 e. The molecule has 1 aromatic carbocycles. The lowest BCUT2D eigenvalue weighted by atomic mass is 9.88. The summed E-state index contributed by atoms with van der Waals surface area (Å²) in [6.45, 7) is 2.15. The first-order valence-corrected chi connectivity index (χ1v) is 10.8. The Morgan fingerprint density at radius 1 is 1.13 bits per heavy atom. The number of halogens is 4. The maximum atomic E-state index is 13.0. The zero-order chi connectivity index (χ0) is 22.2. The summed E-state index contributed by atoms with van der Waals surface area (Å²) >= 11 is 5.91. The average molecular weight is 461 g/mol. The molecule has 4 rings (SSSR count). The summed E-state index contributed by atoms with van der Waals surface area (Å²) in [4.78, 5) is 28.1. The topological polar surface area (TPSA) is 59.1 Å². The molecule has 0 aliphatic carbocycles. The first-order chi connectivity index (χ1) is 14.7. The van der Waals surface area contributed by atoms with E-state index in [2.05, 4.69) is 0 Å². The zero-order valence-corrected chi connectivity index (χ0v) is 17.6. The molecule has 3 saturated heterocycles. The van der Waals surface area contributed by atoms with Crippen LogP contribution in [-0.4, -0.2) is 66.6 Å². The Labute approximate surface area is 183 Å². The molecule has 0 aromatic heterocycles. The average Bonchev–Trinajstić information content (AvgIpc) is 2.74. The third-order valence-electron chi connectivity index (χ3n) is 6.16. The molecule has 1 aromatic rings. The van der Waals surface area contributed by atoms with Gasteiger partial charge in [0.25, 0.3) is 0 Å². The Hall–Kier alpha value is -2.00. The van der Waals surface area contributed by atoms with Crippen molar-refractivity contribution in [1.29, 1.82) is 0 Å². The molecule has 0 bridgehead atoms. The molecule has 3 heterocycles. The highest BCUT2D eigenvalue weighted by atomic mass is 35.5. The van der Waals surface area contributed by atoms with Gasteiger partial charge in [-0.05, 0) is 18.6 Å². The highest BCUT2D eigenvalue weighted by Crippen LogP contribution is 2.40. The van der Waals surface area contributed by atoms with Crippen LogP contribution >= 0.6 is 11.6 Å². The minimum absolute atomic E-state index is 0.00491. The number of urea groups is 1. The smallest absolute Gasteiger partial charge is 0.417 e. The number of Topliss-reactive ketones (excluding diaryl/α,β-unsaturated/α-hetero) is 1. The van der Waals surface area contributed by atoms with E-state index in [0.717, 1.165) is 12.5 Å². The predicted molar refractivity (Wildman–Crippen MR) is 106 cm³/mol. The molecule has 2 amide bonds. The van der Waals surface area contributed by atoms with Crippen molar-refractivity contribution in [2.24, 2.45) is 5.92 Å². The fraction of sp³-hybridized carbons (Fsp3) is 0.619. The summed E-state index contributed by atoms with van der Waals surface area (Å²) in [5.74, 6) is 0.120. The number of nitrogens with zero attached hydrogens (tertiary/aromatic N) is 2. The van der Waals surface area contributed by atoms with Gasteiger partial charge in [0.2, 0.25) is 0 Å². The van der Waals surface area contributed by atoms with Gasteiger partial charge in [-0.2, -0.15) is 13.2 Å². The van der Waals surface area contributed by atoms with Gasteiger partial charge in [0.05, 0.1) is 16.7 Å². The maximum Gasteiger partial charge on any atom is 0.417 e. The summed E-state index contributed by atoms with van der Waals surface area (Å²) < 4.78 is 50.4. The molecule has 6 nitrogen and oxygen atoms in total. The van der Waals surface area contributed by atoms with E-state index in [1.54, 1.807) is 9.80 Å². The van der Waals surface area contributed by atoms with Gasteiger partial charge in [-0.15, -0.1) is 0 Å². The molecule has 31 heavy (non-hydrogen) atoms. The van der Waals surface area contributed by atoms with Crippen molar-refractivity contribution < 1.29 is 32.2 Å². The number of rotatable bonds is 2. The van der Waals surface area contributed by atoms with Crippen LogP contribution < -0.4 is 4.74 Å². The SMILES string of the molecule is O=C1CO[C@H]2CCN(C(=O)N3CCC(Oc4cccc(C(F)(F)F)c4Cl)CC3)C[C@H]2C1. The number of likely N-dealkylation sites (tertiary alicyclic amines) is 2. The third kappa shape index (κ3) is 4.92. The monoisotopic (exact) mass is 460 g/mol. The van der Waals surface area contributed by atoms with Gasteiger partial charge in [0.1, 0.15) is 18.5 Å². The van der Waals surface area contributed by atoms with E-state index in [9.17, 15) is 22.8 Å². The van der Waals surface area contributed by atoms with E-state index in [1.807, 2.05) is 0 Å². The van der Waals surface area contributed by atoms with E-state index < -0.39 is 16.8 Å². The normalized spacial score (nSPS) is 25.4. The minimum atomic E-state index is -4.55. The van der Waals surface area contributed by atoms with Crippen LogP contribution in [0.5, 0.6) is 5.75 Å². The highest BCUT2D eigenvalue weighted by molar-refractivity contribution is 6.32. The highest BCUT2D eigenvalue weighted by Gasteiger charge is 2.39. The number of benzene rings is 1. The Balaban J connectivity index is 1.31. The molecular formula is C21H24ClF3N2O4. The van der Waals surface area contributed by atoms with Crippen molar-refractivity contribution in [1.82, 2.24) is 9.80 Å². The second kappa shape index (κ2) is 8.86. The Morgan fingerprint density at radius 2 is 1.84 bits per heavy atom. The van der Waals surface area contributed by atoms with Crippen molar-refractivity contribution in [3.05, 3.63) is 28.8 Å². The Bertz CT molecular complexity index is 842. The van der Waals surface area contributed by atoms with Gasteiger partial charge >= 0.3 is 12.2 Å². The molecule has 3 fully saturated rings. The number of hydrogen-bond acceptors (Lipinski definition) is 4. The van der Waals surface area contributed by atoms with Crippen LogP contribution in [0.3, 0.4) is 0 Å². The molecule has 0 spiro atoms. The van der Waals surface area contributed by atoms with Crippen molar-refractivity contribution in [3.8, 4) is 5.75 Å². The van der Waals surface area contributed by atoms with Crippen molar-refractivity contribution >= 4 is 23.4 Å². The number of amides is 2. The second-order valence-corrected chi connectivity index (χ2v) is 8.67. The van der Waals surface area contributed by atoms with Crippen LogP contribution in [0.4, 0.5) is 18.0 Å². The second-order valence-electron chi connectivity index (χ2n) is 8.29. The Morgan fingerprint density at radius 3 is 2.55 bits per heavy atom. The molecule has 0 N–H and O–H groups in total. The first kappa shape index (κ1) is 22.2. The van der Waals surface area contributed by atoms with E-state index in [4.69, 9.17) is 21.1 Å². The van der Waals surface area contributed by atoms with Crippen molar-refractivity contribution in [3.63, 3.8) is 0 Å². The van der Waals surface area contributed by atoms with E-state index in [-0.39, 0.29) is 42.3 Å². The number of piperidine rings is 2. The molecule has 170 valence electrons. The van der Waals surface area contributed by atoms with Crippen LogP contribution in [-0.2, 0) is 15.7 Å². The van der Waals surface area contributed by atoms with Crippen molar-refractivity contribution in [2.45, 2.75) is 44.1 Å². The van der Waals surface area contributed by atoms with Crippen LogP contribution in [0.15, 0.2) is 18.2 Å². The fourth-order valence-corrected chi connectivity index (χ4v) is 4.79. The number of hydrogen-bond donors (Lipinski definition) is 0. The number of ketones is 1. The third-order valence-corrected chi connectivity index (χ3v) is 6.55. The molecule has 3 aliphatic rings. The standard InChI is InChI=1S/C21H24ClF3N2O4/c22-19-16(21(23,24)25)2-1-3-18(19)31-15-4-7-26(8-5-15)20(29)27-9-6-17-13(11-27)10-14(28)12-30-17/h1-3,13,15,17H,4-12H2/t13-,17+/m1/s1. The lowest BCUT2D eigenvalue weighted by molar-refractivity contribution is -0.140. The lowest BCUT2D eigenvalue weighted by Crippen LogP contribution is -2.55. The van der Waals surface area contributed by atoms with E-state index in [0.29, 0.717) is 45.4 Å². The number of fused-ring (bicyclic) bond motifs is 1. The van der Waals surface area contributed by atoms with Crippen LogP contribution in [0.2, 0.25) is 5.02 Å². The summed E-state index contributed by atoms with van der Waals surface area (Å²) in [5.41, 5.74) is -0.923. The van der Waals surface area contributed by atoms with Crippen LogP contribution in [0.1, 0.15) is 31.2 Å². The molecule has 2 atom stereocenters. The van der Waals surface area contributed by atoms with Gasteiger partial charge in [0, 0.05) is 51.4 Å². The number of alkyl halides is 3. The molecular weight excluding hydrogens is 437 g/mol. The maximum absolute atomic E-state index is 13.0. The fourth-order valence-electron chi connectivity index (χ4n) is 4.52. The molecule has 0 unspecified atom stereocenters. The van der Waals surface area contributed by atoms with Gasteiger partial charge in [0.15, 0.2) is 5.78 Å². The van der Waals surface area contributed by atoms with Gasteiger partial charge in [-0.3, -0.25) is 4.79 Å². The summed E-state index contributed by atoms with van der Waals surface area (Å²) in [6.07, 6.45) is -2.66. The predicted octanol–water partition coefficient (Wildman–Crippen LogP) is 4.00. The molecule has 0 radical (unpaired) electrons. The van der Waals surface area contributed by atoms with Crippen LogP contribution in [0.25, 0.3) is 0 Å². The first-order valence-electron chi connectivity index (χ1n) is 10.4. The Kier molecular flexibility index (Phi) is 6.35.